The van der Waals surface area contributed by atoms with E-state index >= 15 is 0 Å². The first-order valence-corrected chi connectivity index (χ1v) is 4.56. The van der Waals surface area contributed by atoms with Crippen molar-refractivity contribution in [1.29, 1.82) is 0 Å². The molecule has 2 N–H and O–H groups in total. The Morgan fingerprint density at radius 3 is 2.33 bits per heavy atom. The highest BCUT2D eigenvalue weighted by Gasteiger charge is 2.02. The van der Waals surface area contributed by atoms with Gasteiger partial charge in [-0.2, -0.15) is 8.78 Å². The maximum Gasteiger partial charge on any atom is 0.387 e. The van der Waals surface area contributed by atoms with E-state index in [1.54, 1.807) is 12.1 Å². The monoisotopic (exact) mass is 213 g/mol. The highest BCUT2D eigenvalue weighted by Crippen LogP contribution is 2.15. The first-order valence-electron chi connectivity index (χ1n) is 4.56. The highest BCUT2D eigenvalue weighted by atomic mass is 19.3. The number of hydrogen-bond donors (Lipinski definition) is 1. The van der Waals surface area contributed by atoms with E-state index in [2.05, 4.69) is 4.74 Å². The third-order valence-corrected chi connectivity index (χ3v) is 1.70. The van der Waals surface area contributed by atoms with E-state index in [4.69, 9.17) is 5.73 Å². The van der Waals surface area contributed by atoms with Gasteiger partial charge in [-0.25, -0.2) is 0 Å². The van der Waals surface area contributed by atoms with Gasteiger partial charge in [-0.15, -0.1) is 0 Å². The van der Waals surface area contributed by atoms with Gasteiger partial charge in [0.15, 0.2) is 0 Å². The van der Waals surface area contributed by atoms with E-state index in [9.17, 15) is 8.78 Å². The largest absolute Gasteiger partial charge is 0.435 e. The SMILES string of the molecule is CC(N)/C=C/c1ccc(OC(F)F)cc1. The number of ether oxygens (including phenoxy) is 1. The summed E-state index contributed by atoms with van der Waals surface area (Å²) in [6, 6.07) is 6.34. The Bertz CT molecular complexity index is 320. The van der Waals surface area contributed by atoms with Gasteiger partial charge in [0.25, 0.3) is 0 Å². The first kappa shape index (κ1) is 11.7. The van der Waals surface area contributed by atoms with Crippen LogP contribution in [0.1, 0.15) is 12.5 Å². The van der Waals surface area contributed by atoms with Gasteiger partial charge in [0.05, 0.1) is 0 Å². The Hall–Kier alpha value is -1.42. The summed E-state index contributed by atoms with van der Waals surface area (Å²) < 4.78 is 27.9. The van der Waals surface area contributed by atoms with Crippen LogP contribution in [0, 0.1) is 0 Å². The van der Waals surface area contributed by atoms with Gasteiger partial charge in [-0.3, -0.25) is 0 Å². The maximum absolute atomic E-state index is 11.8. The molecule has 0 amide bonds. The van der Waals surface area contributed by atoms with Gasteiger partial charge in [0.1, 0.15) is 5.75 Å². The molecule has 15 heavy (non-hydrogen) atoms. The number of nitrogens with two attached hydrogens (primary N) is 1. The van der Waals surface area contributed by atoms with Crippen LogP contribution in [-0.4, -0.2) is 12.7 Å². The standard InChI is InChI=1S/C11H13F2NO/c1-8(14)2-3-9-4-6-10(7-5-9)15-11(12)13/h2-8,11H,14H2,1H3/b3-2+. The summed E-state index contributed by atoms with van der Waals surface area (Å²) in [5, 5.41) is 0. The molecule has 0 aliphatic carbocycles. The maximum atomic E-state index is 11.8. The van der Waals surface area contributed by atoms with E-state index in [1.807, 2.05) is 19.1 Å². The van der Waals surface area contributed by atoms with Crippen LogP contribution in [0.15, 0.2) is 30.3 Å². The second kappa shape index (κ2) is 5.46. The summed E-state index contributed by atoms with van der Waals surface area (Å²) in [5.41, 5.74) is 6.42. The number of rotatable bonds is 4. The van der Waals surface area contributed by atoms with Crippen LogP contribution in [0.3, 0.4) is 0 Å². The van der Waals surface area contributed by atoms with E-state index in [0.717, 1.165) is 5.56 Å². The topological polar surface area (TPSA) is 35.2 Å². The van der Waals surface area contributed by atoms with Crippen LogP contribution in [0.2, 0.25) is 0 Å². The van der Waals surface area contributed by atoms with Crippen molar-refractivity contribution >= 4 is 6.08 Å². The van der Waals surface area contributed by atoms with Crippen molar-refractivity contribution in [3.63, 3.8) is 0 Å². The molecule has 0 spiro atoms. The molecule has 0 aromatic heterocycles. The van der Waals surface area contributed by atoms with Gasteiger partial charge in [-0.05, 0) is 24.6 Å². The van der Waals surface area contributed by atoms with Crippen molar-refractivity contribution in [2.75, 3.05) is 0 Å². The molecule has 0 saturated carbocycles. The zero-order valence-corrected chi connectivity index (χ0v) is 8.36. The average Bonchev–Trinajstić information content (AvgIpc) is 2.16. The summed E-state index contributed by atoms with van der Waals surface area (Å²) in [6.07, 6.45) is 3.65. The molecular weight excluding hydrogens is 200 g/mol. The molecule has 0 fully saturated rings. The summed E-state index contributed by atoms with van der Waals surface area (Å²) in [5.74, 6) is 0.156. The minimum absolute atomic E-state index is 0.0259. The van der Waals surface area contributed by atoms with Crippen LogP contribution in [0.5, 0.6) is 5.75 Å². The quantitative estimate of drug-likeness (QED) is 0.834. The number of halogens is 2. The molecule has 0 radical (unpaired) electrons. The van der Waals surface area contributed by atoms with Crippen molar-refractivity contribution in [2.24, 2.45) is 5.73 Å². The second-order valence-electron chi connectivity index (χ2n) is 3.17. The van der Waals surface area contributed by atoms with Crippen molar-refractivity contribution in [2.45, 2.75) is 19.6 Å². The Labute approximate surface area is 87.4 Å². The Kier molecular flexibility index (Phi) is 4.24. The average molecular weight is 213 g/mol. The van der Waals surface area contributed by atoms with Crippen molar-refractivity contribution in [1.82, 2.24) is 0 Å². The molecule has 0 heterocycles. The molecule has 0 aliphatic rings. The minimum Gasteiger partial charge on any atom is -0.435 e. The zero-order valence-electron chi connectivity index (χ0n) is 8.36. The summed E-state index contributed by atoms with van der Waals surface area (Å²) >= 11 is 0. The third kappa shape index (κ3) is 4.56. The van der Waals surface area contributed by atoms with E-state index in [-0.39, 0.29) is 11.8 Å². The predicted octanol–water partition coefficient (Wildman–Crippen LogP) is 2.65. The lowest BCUT2D eigenvalue weighted by Crippen LogP contribution is -2.09. The Morgan fingerprint density at radius 2 is 1.87 bits per heavy atom. The smallest absolute Gasteiger partial charge is 0.387 e. The van der Waals surface area contributed by atoms with E-state index in [1.165, 1.54) is 12.1 Å². The minimum atomic E-state index is -2.78. The van der Waals surface area contributed by atoms with Gasteiger partial charge in [0, 0.05) is 6.04 Å². The number of benzene rings is 1. The molecule has 2 nitrogen and oxygen atoms in total. The first-order chi connectivity index (χ1) is 7.08. The summed E-state index contributed by atoms with van der Waals surface area (Å²) in [7, 11) is 0. The summed E-state index contributed by atoms with van der Waals surface area (Å²) in [6.45, 7) is -0.930. The second-order valence-corrected chi connectivity index (χ2v) is 3.17. The Morgan fingerprint density at radius 1 is 1.27 bits per heavy atom. The fourth-order valence-electron chi connectivity index (χ4n) is 1.02. The van der Waals surface area contributed by atoms with E-state index < -0.39 is 6.61 Å². The van der Waals surface area contributed by atoms with Crippen molar-refractivity contribution in [3.8, 4) is 5.75 Å². The van der Waals surface area contributed by atoms with Gasteiger partial charge in [0.2, 0.25) is 0 Å². The molecule has 0 bridgehead atoms. The van der Waals surface area contributed by atoms with Crippen LogP contribution in [-0.2, 0) is 0 Å². The van der Waals surface area contributed by atoms with Crippen LogP contribution in [0.4, 0.5) is 8.78 Å². The van der Waals surface area contributed by atoms with Crippen LogP contribution >= 0.6 is 0 Å². The molecule has 1 rings (SSSR count). The lowest BCUT2D eigenvalue weighted by atomic mass is 10.2. The van der Waals surface area contributed by atoms with Crippen molar-refractivity contribution in [3.05, 3.63) is 35.9 Å². The molecule has 0 aliphatic heterocycles. The predicted molar refractivity (Wildman–Crippen MR) is 55.8 cm³/mol. The highest BCUT2D eigenvalue weighted by molar-refractivity contribution is 5.51. The van der Waals surface area contributed by atoms with Crippen molar-refractivity contribution < 1.29 is 13.5 Å². The fourth-order valence-corrected chi connectivity index (χ4v) is 1.02. The van der Waals surface area contributed by atoms with Crippen LogP contribution < -0.4 is 10.5 Å². The van der Waals surface area contributed by atoms with Gasteiger partial charge in [-0.1, -0.05) is 24.3 Å². The number of alkyl halides is 2. The zero-order chi connectivity index (χ0) is 11.3. The lowest BCUT2D eigenvalue weighted by molar-refractivity contribution is -0.0498. The van der Waals surface area contributed by atoms with E-state index in [0.29, 0.717) is 0 Å². The molecule has 1 unspecified atom stereocenters. The molecule has 82 valence electrons. The molecule has 1 aromatic rings. The number of hydrogen-bond acceptors (Lipinski definition) is 2. The Balaban J connectivity index is 2.64. The molecule has 4 heteroatoms. The van der Waals surface area contributed by atoms with Crippen LogP contribution in [0.25, 0.3) is 6.08 Å². The van der Waals surface area contributed by atoms with Gasteiger partial charge >= 0.3 is 6.61 Å². The lowest BCUT2D eigenvalue weighted by Gasteiger charge is -2.03. The normalized spacial score (nSPS) is 13.4. The molecular formula is C11H13F2NO. The molecule has 1 aromatic carbocycles. The molecule has 1 atom stereocenters. The van der Waals surface area contributed by atoms with Gasteiger partial charge < -0.3 is 10.5 Å². The fraction of sp³-hybridized carbons (Fsp3) is 0.273. The molecule has 0 saturated heterocycles. The summed E-state index contributed by atoms with van der Waals surface area (Å²) in [4.78, 5) is 0. The third-order valence-electron chi connectivity index (χ3n) is 1.70.